The number of nitrogens with one attached hydrogen (secondary N) is 1. The number of carbonyl (C=O) groups excluding carboxylic acids is 1. The molecule has 1 N–H and O–H groups in total. The number of halogens is 1. The molecule has 1 aromatic carbocycles. The van der Waals surface area contributed by atoms with Gasteiger partial charge in [-0.15, -0.1) is 11.3 Å². The van der Waals surface area contributed by atoms with Gasteiger partial charge in [-0.05, 0) is 42.5 Å². The Hall–Kier alpha value is -2.74. The van der Waals surface area contributed by atoms with Crippen molar-refractivity contribution >= 4 is 33.1 Å². The van der Waals surface area contributed by atoms with E-state index in [1.54, 1.807) is 30.5 Å². The Labute approximate surface area is 152 Å². The van der Waals surface area contributed by atoms with E-state index in [1.807, 2.05) is 6.92 Å². The van der Waals surface area contributed by atoms with Crippen LogP contribution in [0, 0.1) is 12.7 Å². The smallest absolute Gasteiger partial charge is 0.324 e. The molecular weight excluding hydrogens is 357 g/mol. The van der Waals surface area contributed by atoms with Crippen LogP contribution in [0.25, 0.3) is 10.2 Å². The van der Waals surface area contributed by atoms with Crippen LogP contribution in [-0.2, 0) is 17.9 Å². The third-order valence-corrected chi connectivity index (χ3v) is 4.93. The molecule has 3 rings (SSSR count). The van der Waals surface area contributed by atoms with Gasteiger partial charge in [0, 0.05) is 12.2 Å². The van der Waals surface area contributed by atoms with E-state index in [4.69, 9.17) is 0 Å². The molecule has 3 aromatic rings. The number of aromatic nitrogens is 2. The van der Waals surface area contributed by atoms with Gasteiger partial charge in [0.05, 0.1) is 5.52 Å². The molecule has 6 nitrogen and oxygen atoms in total. The van der Waals surface area contributed by atoms with Crippen molar-refractivity contribution in [2.45, 2.75) is 33.4 Å². The number of fused-ring (bicyclic) bond motifs is 1. The van der Waals surface area contributed by atoms with Crippen LogP contribution in [0.15, 0.2) is 39.2 Å². The molecular formula is C18H18FN3O3S. The van der Waals surface area contributed by atoms with Crippen LogP contribution in [-0.4, -0.2) is 15.0 Å². The molecule has 0 aliphatic carbocycles. The van der Waals surface area contributed by atoms with E-state index in [0.717, 1.165) is 4.57 Å². The van der Waals surface area contributed by atoms with Gasteiger partial charge >= 0.3 is 5.69 Å². The average Bonchev–Trinajstić information content (AvgIpc) is 3.08. The summed E-state index contributed by atoms with van der Waals surface area (Å²) in [5.41, 5.74) is 0.370. The van der Waals surface area contributed by atoms with Gasteiger partial charge in [0.25, 0.3) is 5.56 Å². The van der Waals surface area contributed by atoms with Crippen molar-refractivity contribution < 1.29 is 9.18 Å². The Balaban J connectivity index is 1.96. The number of nitrogens with zero attached hydrogens (tertiary/aromatic N) is 2. The van der Waals surface area contributed by atoms with Gasteiger partial charge in [0.1, 0.15) is 17.1 Å². The quantitative estimate of drug-likeness (QED) is 0.745. The Bertz CT molecular complexity index is 1100. The van der Waals surface area contributed by atoms with Crippen molar-refractivity contribution in [1.29, 1.82) is 0 Å². The standard InChI is InChI=1S/C18H18FN3O3S/c1-3-7-21-17(24)16-14(6-8-26-16)22(18(21)25)10-15(23)20-12-5-4-11(2)13(19)9-12/h4-6,8-9H,3,7,10H2,1-2H3,(H,20,23). The van der Waals surface area contributed by atoms with Crippen LogP contribution in [0.5, 0.6) is 0 Å². The van der Waals surface area contributed by atoms with E-state index in [-0.39, 0.29) is 18.6 Å². The Morgan fingerprint density at radius 1 is 1.23 bits per heavy atom. The molecule has 0 fully saturated rings. The number of hydrogen-bond acceptors (Lipinski definition) is 4. The Morgan fingerprint density at radius 2 is 2.00 bits per heavy atom. The summed E-state index contributed by atoms with van der Waals surface area (Å²) in [6.07, 6.45) is 0.626. The molecule has 0 atom stereocenters. The SMILES string of the molecule is CCCn1c(=O)c2sccc2n(CC(=O)Nc2ccc(C)c(F)c2)c1=O. The van der Waals surface area contributed by atoms with Gasteiger partial charge in [-0.25, -0.2) is 9.18 Å². The fourth-order valence-corrected chi connectivity index (χ4v) is 3.56. The molecule has 26 heavy (non-hydrogen) atoms. The molecule has 0 saturated carbocycles. The summed E-state index contributed by atoms with van der Waals surface area (Å²) in [5.74, 6) is -0.888. The minimum Gasteiger partial charge on any atom is -0.324 e. The largest absolute Gasteiger partial charge is 0.332 e. The predicted octanol–water partition coefficient (Wildman–Crippen LogP) is 2.72. The number of aryl methyl sites for hydroxylation is 1. The number of amides is 1. The summed E-state index contributed by atoms with van der Waals surface area (Å²) in [4.78, 5) is 37.5. The van der Waals surface area contributed by atoms with E-state index in [1.165, 1.54) is 22.0 Å². The van der Waals surface area contributed by atoms with Crippen LogP contribution in [0.3, 0.4) is 0 Å². The summed E-state index contributed by atoms with van der Waals surface area (Å²) in [6.45, 7) is 3.53. The lowest BCUT2D eigenvalue weighted by Gasteiger charge is -2.12. The van der Waals surface area contributed by atoms with Gasteiger partial charge in [-0.2, -0.15) is 0 Å². The van der Waals surface area contributed by atoms with Crippen molar-refractivity contribution in [1.82, 2.24) is 9.13 Å². The summed E-state index contributed by atoms with van der Waals surface area (Å²) >= 11 is 1.24. The maximum absolute atomic E-state index is 13.6. The molecule has 0 bridgehead atoms. The lowest BCUT2D eigenvalue weighted by molar-refractivity contribution is -0.116. The molecule has 0 aliphatic rings. The number of thiophene rings is 1. The zero-order valence-electron chi connectivity index (χ0n) is 14.4. The van der Waals surface area contributed by atoms with Crippen LogP contribution in [0.1, 0.15) is 18.9 Å². The summed E-state index contributed by atoms with van der Waals surface area (Å²) in [6, 6.07) is 6.04. The minimum atomic E-state index is -0.520. The first kappa shape index (κ1) is 18.1. The van der Waals surface area contributed by atoms with Crippen LogP contribution < -0.4 is 16.6 Å². The van der Waals surface area contributed by atoms with E-state index in [9.17, 15) is 18.8 Å². The summed E-state index contributed by atoms with van der Waals surface area (Å²) in [7, 11) is 0. The number of anilines is 1. The fourth-order valence-electron chi connectivity index (χ4n) is 2.72. The molecule has 0 aliphatic heterocycles. The van der Waals surface area contributed by atoms with Crippen molar-refractivity contribution in [3.05, 3.63) is 61.9 Å². The molecule has 0 unspecified atom stereocenters. The maximum atomic E-state index is 13.6. The number of carbonyl (C=O) groups is 1. The number of benzene rings is 1. The first-order valence-corrected chi connectivity index (χ1v) is 9.07. The Kier molecular flexibility index (Phi) is 5.03. The van der Waals surface area contributed by atoms with Crippen molar-refractivity contribution in [3.63, 3.8) is 0 Å². The molecule has 0 saturated heterocycles. The van der Waals surface area contributed by atoms with E-state index < -0.39 is 17.4 Å². The van der Waals surface area contributed by atoms with Crippen LogP contribution >= 0.6 is 11.3 Å². The monoisotopic (exact) mass is 375 g/mol. The fraction of sp³-hybridized carbons (Fsp3) is 0.278. The van der Waals surface area contributed by atoms with Gasteiger partial charge in [0.15, 0.2) is 0 Å². The normalized spacial score (nSPS) is 11.0. The average molecular weight is 375 g/mol. The second-order valence-electron chi connectivity index (χ2n) is 5.97. The lowest BCUT2D eigenvalue weighted by Crippen LogP contribution is -2.41. The molecule has 0 spiro atoms. The van der Waals surface area contributed by atoms with Crippen LogP contribution in [0.4, 0.5) is 10.1 Å². The zero-order chi connectivity index (χ0) is 18.8. The van der Waals surface area contributed by atoms with Gasteiger partial charge < -0.3 is 5.32 Å². The molecule has 8 heteroatoms. The number of rotatable bonds is 5. The summed E-state index contributed by atoms with van der Waals surface area (Å²) < 4.78 is 16.5. The molecule has 2 aromatic heterocycles. The van der Waals surface area contributed by atoms with Crippen molar-refractivity contribution in [2.75, 3.05) is 5.32 Å². The highest BCUT2D eigenvalue weighted by Crippen LogP contribution is 2.16. The van der Waals surface area contributed by atoms with E-state index >= 15 is 0 Å². The highest BCUT2D eigenvalue weighted by atomic mass is 32.1. The first-order valence-electron chi connectivity index (χ1n) is 8.19. The zero-order valence-corrected chi connectivity index (χ0v) is 15.2. The highest BCUT2D eigenvalue weighted by molar-refractivity contribution is 7.17. The van der Waals surface area contributed by atoms with Crippen LogP contribution in [0.2, 0.25) is 0 Å². The topological polar surface area (TPSA) is 73.1 Å². The second-order valence-corrected chi connectivity index (χ2v) is 6.89. The summed E-state index contributed by atoms with van der Waals surface area (Å²) in [5, 5.41) is 4.30. The third-order valence-electron chi connectivity index (χ3n) is 4.04. The molecule has 2 heterocycles. The van der Waals surface area contributed by atoms with Gasteiger partial charge in [-0.1, -0.05) is 13.0 Å². The van der Waals surface area contributed by atoms with Crippen molar-refractivity contribution in [3.8, 4) is 0 Å². The van der Waals surface area contributed by atoms with E-state index in [0.29, 0.717) is 27.9 Å². The number of hydrogen-bond donors (Lipinski definition) is 1. The highest BCUT2D eigenvalue weighted by Gasteiger charge is 2.16. The maximum Gasteiger partial charge on any atom is 0.332 e. The Morgan fingerprint density at radius 3 is 2.69 bits per heavy atom. The first-order chi connectivity index (χ1) is 12.4. The molecule has 136 valence electrons. The predicted molar refractivity (Wildman–Crippen MR) is 100 cm³/mol. The van der Waals surface area contributed by atoms with Gasteiger partial charge in [-0.3, -0.25) is 18.7 Å². The second kappa shape index (κ2) is 7.25. The third kappa shape index (κ3) is 3.32. The van der Waals surface area contributed by atoms with Crippen molar-refractivity contribution in [2.24, 2.45) is 0 Å². The molecule has 0 radical (unpaired) electrons. The van der Waals surface area contributed by atoms with E-state index in [2.05, 4.69) is 5.32 Å². The lowest BCUT2D eigenvalue weighted by atomic mass is 10.2. The van der Waals surface area contributed by atoms with Gasteiger partial charge in [0.2, 0.25) is 5.91 Å². The minimum absolute atomic E-state index is 0.258. The molecule has 1 amide bonds.